The molecule has 0 atom stereocenters. The summed E-state index contributed by atoms with van der Waals surface area (Å²) in [5, 5.41) is 25.3. The second kappa shape index (κ2) is 11.0. The van der Waals surface area contributed by atoms with Crippen LogP contribution in [0.2, 0.25) is 0 Å². The highest BCUT2D eigenvalue weighted by Crippen LogP contribution is 2.31. The van der Waals surface area contributed by atoms with Crippen LogP contribution in [0.5, 0.6) is 5.75 Å². The summed E-state index contributed by atoms with van der Waals surface area (Å²) in [6.07, 6.45) is 0.177. The Morgan fingerprint density at radius 2 is 1.64 bits per heavy atom. The number of esters is 1. The first kappa shape index (κ1) is 26.4. The number of carbonyl (C=O) groups is 1. The molecule has 0 aromatic heterocycles. The van der Waals surface area contributed by atoms with Gasteiger partial charge in [0.25, 0.3) is 5.69 Å². The largest absolute Gasteiger partial charge is 0.508 e. The van der Waals surface area contributed by atoms with Gasteiger partial charge >= 0.3 is 5.97 Å². The van der Waals surface area contributed by atoms with Crippen LogP contribution in [-0.4, -0.2) is 27.3 Å². The van der Waals surface area contributed by atoms with Gasteiger partial charge in [-0.2, -0.15) is 0 Å². The number of non-ortho nitro benzene ring substituents is 1. The van der Waals surface area contributed by atoms with Crippen LogP contribution in [0.4, 0.5) is 5.69 Å². The fourth-order valence-corrected chi connectivity index (χ4v) is 3.55. The number of ether oxygens (including phenoxy) is 1. The predicted molar refractivity (Wildman–Crippen MR) is 138 cm³/mol. The lowest BCUT2D eigenvalue weighted by Crippen LogP contribution is -2.24. The number of nitro benzene ring substituents is 1. The molecule has 3 rings (SSSR count). The first-order chi connectivity index (χ1) is 16.9. The maximum atomic E-state index is 12.1. The van der Waals surface area contributed by atoms with Crippen LogP contribution in [0.25, 0.3) is 11.1 Å². The molecule has 3 aromatic rings. The molecule has 0 amide bonds. The average molecular weight is 491 g/mol. The molecule has 3 aromatic carbocycles. The van der Waals surface area contributed by atoms with E-state index in [4.69, 9.17) is 9.57 Å². The Bertz CT molecular complexity index is 1270. The summed E-state index contributed by atoms with van der Waals surface area (Å²) in [7, 11) is 0. The SMILES string of the molecule is C/C(=N\OCc1ccc([N+](=O)[O-])cc1)c1cc(O)c(C)cc1-c1ccc(CC(=O)OC(C)(C)C)cc1. The van der Waals surface area contributed by atoms with E-state index in [-0.39, 0.29) is 30.4 Å². The molecule has 0 unspecified atom stereocenters. The highest BCUT2D eigenvalue weighted by Gasteiger charge is 2.17. The standard InChI is InChI=1S/C28H30N2O6/c1-18-14-25(22-10-6-20(7-11-22)15-27(32)36-28(3,4)5)24(16-26(18)31)19(2)29-35-17-21-8-12-23(13-9-21)30(33)34/h6-14,16,31H,15,17H2,1-5H3/b29-19+. The Labute approximate surface area is 210 Å². The fourth-order valence-electron chi connectivity index (χ4n) is 3.55. The maximum Gasteiger partial charge on any atom is 0.310 e. The van der Waals surface area contributed by atoms with Gasteiger partial charge in [0.2, 0.25) is 0 Å². The second-order valence-electron chi connectivity index (χ2n) is 9.52. The average Bonchev–Trinajstić information content (AvgIpc) is 2.80. The third-order valence-electron chi connectivity index (χ3n) is 5.34. The van der Waals surface area contributed by atoms with E-state index in [1.54, 1.807) is 25.1 Å². The summed E-state index contributed by atoms with van der Waals surface area (Å²) in [6.45, 7) is 9.24. The van der Waals surface area contributed by atoms with Gasteiger partial charge in [0, 0.05) is 17.7 Å². The van der Waals surface area contributed by atoms with Gasteiger partial charge < -0.3 is 14.7 Å². The van der Waals surface area contributed by atoms with Crippen LogP contribution in [0, 0.1) is 17.0 Å². The van der Waals surface area contributed by atoms with E-state index in [9.17, 15) is 20.0 Å². The van der Waals surface area contributed by atoms with E-state index in [1.807, 2.05) is 58.0 Å². The van der Waals surface area contributed by atoms with Crippen molar-refractivity contribution in [2.75, 3.05) is 0 Å². The van der Waals surface area contributed by atoms with Crippen molar-refractivity contribution < 1.29 is 24.4 Å². The zero-order chi connectivity index (χ0) is 26.5. The zero-order valence-corrected chi connectivity index (χ0v) is 21.1. The van der Waals surface area contributed by atoms with E-state index in [0.29, 0.717) is 16.8 Å². The van der Waals surface area contributed by atoms with Crippen molar-refractivity contribution in [3.8, 4) is 16.9 Å². The highest BCUT2D eigenvalue weighted by atomic mass is 16.6. The Kier molecular flexibility index (Phi) is 8.09. The third-order valence-corrected chi connectivity index (χ3v) is 5.34. The molecule has 0 fully saturated rings. The van der Waals surface area contributed by atoms with E-state index in [2.05, 4.69) is 5.16 Å². The molecule has 0 bridgehead atoms. The number of nitrogens with zero attached hydrogens (tertiary/aromatic N) is 2. The van der Waals surface area contributed by atoms with Crippen molar-refractivity contribution in [2.45, 2.75) is 53.2 Å². The lowest BCUT2D eigenvalue weighted by molar-refractivity contribution is -0.384. The first-order valence-electron chi connectivity index (χ1n) is 11.5. The number of phenols is 1. The van der Waals surface area contributed by atoms with Gasteiger partial charge in [-0.25, -0.2) is 0 Å². The molecule has 188 valence electrons. The van der Waals surface area contributed by atoms with Crippen molar-refractivity contribution in [3.05, 3.63) is 93.0 Å². The van der Waals surface area contributed by atoms with E-state index in [1.165, 1.54) is 12.1 Å². The molecule has 8 nitrogen and oxygen atoms in total. The number of oxime groups is 1. The molecule has 0 heterocycles. The monoisotopic (exact) mass is 490 g/mol. The van der Waals surface area contributed by atoms with E-state index in [0.717, 1.165) is 22.3 Å². The van der Waals surface area contributed by atoms with Crippen molar-refractivity contribution in [2.24, 2.45) is 5.16 Å². The molecule has 0 aliphatic heterocycles. The Hall–Kier alpha value is -4.20. The van der Waals surface area contributed by atoms with Crippen LogP contribution in [0.15, 0.2) is 65.8 Å². The van der Waals surface area contributed by atoms with Gasteiger partial charge in [-0.05, 0) is 86.7 Å². The van der Waals surface area contributed by atoms with Crippen molar-refractivity contribution in [3.63, 3.8) is 0 Å². The van der Waals surface area contributed by atoms with E-state index < -0.39 is 10.5 Å². The molecule has 36 heavy (non-hydrogen) atoms. The molecular formula is C28H30N2O6. The molecular weight excluding hydrogens is 460 g/mol. The minimum Gasteiger partial charge on any atom is -0.508 e. The van der Waals surface area contributed by atoms with Crippen LogP contribution < -0.4 is 0 Å². The van der Waals surface area contributed by atoms with Crippen LogP contribution in [0.3, 0.4) is 0 Å². The Balaban J connectivity index is 1.79. The summed E-state index contributed by atoms with van der Waals surface area (Å²) in [5.41, 5.74) is 4.77. The molecule has 0 saturated heterocycles. The number of carbonyl (C=O) groups excluding carboxylic acids is 1. The number of benzene rings is 3. The quantitative estimate of drug-likeness (QED) is 0.177. The summed E-state index contributed by atoms with van der Waals surface area (Å²) in [6, 6.07) is 17.2. The Morgan fingerprint density at radius 1 is 1.03 bits per heavy atom. The molecule has 0 aliphatic carbocycles. The van der Waals surface area contributed by atoms with Gasteiger partial charge in [-0.1, -0.05) is 29.4 Å². The number of hydrogen-bond acceptors (Lipinski definition) is 7. The minimum absolute atomic E-state index is 0.00955. The number of aromatic hydroxyl groups is 1. The minimum atomic E-state index is -0.535. The lowest BCUT2D eigenvalue weighted by Gasteiger charge is -2.19. The van der Waals surface area contributed by atoms with Crippen molar-refractivity contribution in [1.29, 1.82) is 0 Å². The lowest BCUT2D eigenvalue weighted by atomic mass is 9.94. The van der Waals surface area contributed by atoms with Gasteiger partial charge in [-0.3, -0.25) is 14.9 Å². The number of aryl methyl sites for hydroxylation is 1. The highest BCUT2D eigenvalue weighted by molar-refractivity contribution is 6.04. The smallest absolute Gasteiger partial charge is 0.310 e. The zero-order valence-electron chi connectivity index (χ0n) is 21.1. The number of hydrogen-bond donors (Lipinski definition) is 1. The van der Waals surface area contributed by atoms with Gasteiger partial charge in [0.1, 0.15) is 18.0 Å². The van der Waals surface area contributed by atoms with Crippen molar-refractivity contribution in [1.82, 2.24) is 0 Å². The molecule has 8 heteroatoms. The first-order valence-corrected chi connectivity index (χ1v) is 11.5. The number of phenolic OH excluding ortho intramolecular Hbond substituents is 1. The molecule has 0 radical (unpaired) electrons. The summed E-state index contributed by atoms with van der Waals surface area (Å²) in [4.78, 5) is 28.0. The Morgan fingerprint density at radius 3 is 2.22 bits per heavy atom. The summed E-state index contributed by atoms with van der Waals surface area (Å²) < 4.78 is 5.40. The molecule has 1 N–H and O–H groups in total. The second-order valence-corrected chi connectivity index (χ2v) is 9.52. The van der Waals surface area contributed by atoms with Crippen LogP contribution in [0.1, 0.15) is 49.9 Å². The van der Waals surface area contributed by atoms with Crippen molar-refractivity contribution >= 4 is 17.4 Å². The van der Waals surface area contributed by atoms with Crippen LogP contribution >= 0.6 is 0 Å². The topological polar surface area (TPSA) is 111 Å². The molecule has 0 spiro atoms. The van der Waals surface area contributed by atoms with Gasteiger partial charge in [0.05, 0.1) is 17.1 Å². The normalized spacial score (nSPS) is 11.8. The van der Waals surface area contributed by atoms with Gasteiger partial charge in [0.15, 0.2) is 0 Å². The molecule has 0 aliphatic rings. The third kappa shape index (κ3) is 7.15. The fraction of sp³-hybridized carbons (Fsp3) is 0.286. The number of rotatable bonds is 8. The molecule has 0 saturated carbocycles. The maximum absolute atomic E-state index is 12.1. The van der Waals surface area contributed by atoms with Gasteiger partial charge in [-0.15, -0.1) is 0 Å². The van der Waals surface area contributed by atoms with E-state index >= 15 is 0 Å². The summed E-state index contributed by atoms with van der Waals surface area (Å²) in [5.74, 6) is -0.148. The van der Waals surface area contributed by atoms with Crippen LogP contribution in [-0.2, 0) is 27.4 Å². The predicted octanol–water partition coefficient (Wildman–Crippen LogP) is 6.10. The number of nitro groups is 1. The summed E-state index contributed by atoms with van der Waals surface area (Å²) >= 11 is 0.